The lowest BCUT2D eigenvalue weighted by atomic mass is 9.85. The molecule has 4 aromatic rings. The summed E-state index contributed by atoms with van der Waals surface area (Å²) in [4.78, 5) is 110. The number of rotatable bonds is 31. The third-order valence-electron chi connectivity index (χ3n) is 15.8. The van der Waals surface area contributed by atoms with E-state index in [1.807, 2.05) is 115 Å². The number of amides is 5. The molecular weight excluding hydrogens is 1180 g/mol. The summed E-state index contributed by atoms with van der Waals surface area (Å²) in [5, 5.41) is 54.7. The highest BCUT2D eigenvalue weighted by Gasteiger charge is 2.45. The maximum absolute atomic E-state index is 13.8. The summed E-state index contributed by atoms with van der Waals surface area (Å²) in [7, 11) is 0. The Hall–Kier alpha value is -6.66. The lowest BCUT2D eigenvalue weighted by Crippen LogP contribution is -2.57. The van der Waals surface area contributed by atoms with Crippen molar-refractivity contribution in [3.63, 3.8) is 0 Å². The highest BCUT2D eigenvalue weighted by molar-refractivity contribution is 7.13. The van der Waals surface area contributed by atoms with Crippen LogP contribution in [0, 0.1) is 24.7 Å². The zero-order valence-corrected chi connectivity index (χ0v) is 55.0. The van der Waals surface area contributed by atoms with Gasteiger partial charge in [-0.15, -0.1) is 22.7 Å². The van der Waals surface area contributed by atoms with Crippen molar-refractivity contribution >= 4 is 70.1 Å². The summed E-state index contributed by atoms with van der Waals surface area (Å²) >= 11 is 3.18. The van der Waals surface area contributed by atoms with Gasteiger partial charge in [-0.05, 0) is 72.6 Å². The van der Waals surface area contributed by atoms with Crippen LogP contribution in [0.1, 0.15) is 192 Å². The van der Waals surface area contributed by atoms with Gasteiger partial charge < -0.3 is 57.0 Å². The predicted octanol–water partition coefficient (Wildman–Crippen LogP) is 9.56. The minimum atomic E-state index is -0.840. The molecule has 6 rings (SSSR count). The number of aromatic nitrogens is 2. The minimum Gasteiger partial charge on any atom is -0.481 e. The van der Waals surface area contributed by atoms with Crippen LogP contribution in [-0.4, -0.2) is 142 Å². The lowest BCUT2D eigenvalue weighted by molar-refractivity contribution is -0.144. The monoisotopic (exact) mass is 1270 g/mol. The van der Waals surface area contributed by atoms with E-state index < -0.39 is 65.1 Å². The standard InChI is InChI=1S/C33H48N4O6S.C22H30N4O3S.C11H20O4/c1-22-29(44-21-35-22)24-16-14-23(15-17-24)19-34-31(42)26-18-25(38)20-37(26)32(43)30(33(2,3)4)36-27(39)12-10-8-6-5-7-9-11-13-28(40)41;1-13-18(30-12-25-13)15-7-5-14(6-8-15)10-24-20(28)17-9-16(27)11-26(17)21(29)19(23)22(2,3)4;12-10(13)8-6-4-2-1-3-5-7-9-11(14)15/h14-17,21,25-26,30,38H,5-13,18-20H2,1-4H3,(H,34,42)(H,36,39)(H,40,41);5-8,12,16-17,19,27H,9-11,23H2,1-4H3,(H,24,28);1-9H2,(H,12,13)(H,14,15)/t25-,26+,30-;16-,17+,19-;/m11./s1. The number of carbonyl (C=O) groups is 8. The van der Waals surface area contributed by atoms with Crippen molar-refractivity contribution in [1.82, 2.24) is 35.7 Å². The number of nitrogens with two attached hydrogens (primary N) is 1. The molecule has 492 valence electrons. The van der Waals surface area contributed by atoms with Gasteiger partial charge in [-0.1, -0.05) is 154 Å². The fraction of sp³-hybridized carbons (Fsp3) is 0.606. The van der Waals surface area contributed by atoms with Gasteiger partial charge in [0.05, 0.1) is 50.4 Å². The van der Waals surface area contributed by atoms with Crippen LogP contribution in [0.4, 0.5) is 0 Å². The van der Waals surface area contributed by atoms with Gasteiger partial charge in [0.25, 0.3) is 0 Å². The van der Waals surface area contributed by atoms with Gasteiger partial charge in [0, 0.05) is 64.7 Å². The van der Waals surface area contributed by atoms with E-state index in [2.05, 4.69) is 25.9 Å². The number of β-amino-alcohol motifs (C(OH)–C–C–N with tert-alkyl or cyclic N) is 2. The van der Waals surface area contributed by atoms with Gasteiger partial charge in [0.2, 0.25) is 29.5 Å². The van der Waals surface area contributed by atoms with Gasteiger partial charge in [0.1, 0.15) is 18.1 Å². The molecule has 4 heterocycles. The highest BCUT2D eigenvalue weighted by atomic mass is 32.1. The van der Waals surface area contributed by atoms with Gasteiger partial charge in [0.15, 0.2) is 0 Å². The Labute approximate surface area is 533 Å². The molecule has 2 aromatic heterocycles. The number of aliphatic hydroxyl groups is 2. The summed E-state index contributed by atoms with van der Waals surface area (Å²) < 4.78 is 0. The first-order valence-electron chi connectivity index (χ1n) is 31.3. The first-order chi connectivity index (χ1) is 42.1. The Bertz CT molecular complexity index is 2860. The number of thiazole rings is 2. The molecule has 2 aliphatic rings. The SMILES string of the molecule is Cc1ncsc1-c1ccc(CNC(=O)[C@@H]2C[C@@H](O)CN2C(=O)[C@@H](N)C(C)(C)C)cc1.Cc1ncsc1-c1ccc(CNC(=O)[C@@H]2C[C@@H](O)CN2C(=O)[C@@H](NC(=O)CCCCCCCCCC(=O)O)C(C)(C)C)cc1.O=C(O)CCCCCCCCCC(=O)O. The van der Waals surface area contributed by atoms with E-state index in [0.717, 1.165) is 120 Å². The zero-order chi connectivity index (χ0) is 65.8. The van der Waals surface area contributed by atoms with Crippen molar-refractivity contribution in [2.75, 3.05) is 13.1 Å². The summed E-state index contributed by atoms with van der Waals surface area (Å²) in [5.41, 5.74) is 14.7. The molecule has 2 aromatic carbocycles. The number of nitrogens with one attached hydrogen (secondary N) is 3. The number of carboxylic acids is 3. The molecule has 2 fully saturated rings. The van der Waals surface area contributed by atoms with E-state index in [1.54, 1.807) is 22.7 Å². The number of aliphatic hydroxyl groups excluding tert-OH is 2. The molecule has 2 saturated heterocycles. The normalized spacial score (nSPS) is 17.1. The Morgan fingerprint density at radius 1 is 0.528 bits per heavy atom. The maximum atomic E-state index is 13.8. The molecule has 2 aliphatic heterocycles. The maximum Gasteiger partial charge on any atom is 0.303 e. The predicted molar refractivity (Wildman–Crippen MR) is 345 cm³/mol. The van der Waals surface area contributed by atoms with Crippen molar-refractivity contribution in [1.29, 1.82) is 0 Å². The third-order valence-corrected chi connectivity index (χ3v) is 17.7. The van der Waals surface area contributed by atoms with Crippen LogP contribution in [-0.2, 0) is 51.4 Å². The van der Waals surface area contributed by atoms with Crippen molar-refractivity contribution in [2.45, 2.75) is 233 Å². The highest BCUT2D eigenvalue weighted by Crippen LogP contribution is 2.31. The molecule has 23 heteroatoms. The number of benzene rings is 2. The molecule has 10 N–H and O–H groups in total. The number of carbonyl (C=O) groups excluding carboxylic acids is 5. The fourth-order valence-electron chi connectivity index (χ4n) is 10.4. The topological polar surface area (TPSA) is 332 Å². The van der Waals surface area contributed by atoms with Crippen LogP contribution >= 0.6 is 22.7 Å². The zero-order valence-electron chi connectivity index (χ0n) is 53.4. The summed E-state index contributed by atoms with van der Waals surface area (Å²) in [6, 6.07) is 12.8. The van der Waals surface area contributed by atoms with Crippen LogP contribution in [0.15, 0.2) is 59.6 Å². The second-order valence-corrected chi connectivity index (χ2v) is 27.2. The van der Waals surface area contributed by atoms with E-state index >= 15 is 0 Å². The Morgan fingerprint density at radius 2 is 0.865 bits per heavy atom. The number of hydrogen-bond acceptors (Lipinski definition) is 15. The van der Waals surface area contributed by atoms with Crippen molar-refractivity contribution in [2.24, 2.45) is 16.6 Å². The molecule has 21 nitrogen and oxygen atoms in total. The Morgan fingerprint density at radius 3 is 1.18 bits per heavy atom. The molecule has 0 bridgehead atoms. The van der Waals surface area contributed by atoms with E-state index in [1.165, 1.54) is 9.80 Å². The van der Waals surface area contributed by atoms with Crippen molar-refractivity contribution < 1.29 is 63.9 Å². The number of likely N-dealkylation sites (tertiary alicyclic amines) is 2. The van der Waals surface area contributed by atoms with Gasteiger partial charge in [-0.25, -0.2) is 9.97 Å². The Kier molecular flexibility index (Phi) is 31.5. The second-order valence-electron chi connectivity index (χ2n) is 25.5. The van der Waals surface area contributed by atoms with E-state index in [0.29, 0.717) is 25.8 Å². The summed E-state index contributed by atoms with van der Waals surface area (Å²) in [5.74, 6) is -3.70. The molecule has 89 heavy (non-hydrogen) atoms. The first-order valence-corrected chi connectivity index (χ1v) is 33.0. The average molecular weight is 1280 g/mol. The van der Waals surface area contributed by atoms with Gasteiger partial charge in [-0.2, -0.15) is 0 Å². The minimum absolute atomic E-state index is 0.0364. The van der Waals surface area contributed by atoms with Crippen LogP contribution in [0.3, 0.4) is 0 Å². The van der Waals surface area contributed by atoms with Gasteiger partial charge >= 0.3 is 17.9 Å². The second kappa shape index (κ2) is 37.5. The molecule has 6 atom stereocenters. The quantitative estimate of drug-likeness (QED) is 0.0212. The summed E-state index contributed by atoms with van der Waals surface area (Å²) in [6.07, 6.45) is 12.6. The molecule has 0 aliphatic carbocycles. The summed E-state index contributed by atoms with van der Waals surface area (Å²) in [6.45, 7) is 16.0. The lowest BCUT2D eigenvalue weighted by Gasteiger charge is -2.35. The van der Waals surface area contributed by atoms with Crippen LogP contribution in [0.25, 0.3) is 20.9 Å². The number of nitrogens with zero attached hydrogens (tertiary/aromatic N) is 4. The number of aryl methyl sites for hydroxylation is 2. The van der Waals surface area contributed by atoms with E-state index in [4.69, 9.17) is 21.1 Å². The molecular formula is C66H98N8O13S2. The molecule has 0 unspecified atom stereocenters. The van der Waals surface area contributed by atoms with Crippen molar-refractivity contribution in [3.8, 4) is 20.9 Å². The van der Waals surface area contributed by atoms with E-state index in [9.17, 15) is 48.6 Å². The number of hydrogen-bond donors (Lipinski definition) is 9. The fourth-order valence-corrected chi connectivity index (χ4v) is 12.0. The molecule has 0 saturated carbocycles. The largest absolute Gasteiger partial charge is 0.481 e. The number of unbranched alkanes of at least 4 members (excludes halogenated alkanes) is 12. The van der Waals surface area contributed by atoms with Crippen LogP contribution in [0.5, 0.6) is 0 Å². The smallest absolute Gasteiger partial charge is 0.303 e. The molecule has 5 amide bonds. The molecule has 0 radical (unpaired) electrons. The van der Waals surface area contributed by atoms with Crippen molar-refractivity contribution in [3.05, 3.63) is 82.1 Å². The number of carboxylic acid groups (broad SMARTS) is 3. The first kappa shape index (κ1) is 74.8. The molecule has 0 spiro atoms. The van der Waals surface area contributed by atoms with E-state index in [-0.39, 0.29) is 81.3 Å². The average Bonchev–Trinajstić information content (AvgIpc) is 2.00. The Balaban J connectivity index is 0.000000323. The third kappa shape index (κ3) is 26.4. The van der Waals surface area contributed by atoms with Gasteiger partial charge in [-0.3, -0.25) is 38.4 Å². The van der Waals surface area contributed by atoms with Crippen LogP contribution < -0.4 is 21.7 Å². The van der Waals surface area contributed by atoms with Crippen LogP contribution in [0.2, 0.25) is 0 Å². The number of aliphatic carboxylic acids is 3.